The van der Waals surface area contributed by atoms with Crippen LogP contribution in [0.2, 0.25) is 0 Å². The van der Waals surface area contributed by atoms with E-state index in [0.717, 1.165) is 0 Å². The zero-order chi connectivity index (χ0) is 19.3. The first kappa shape index (κ1) is 20.3. The van der Waals surface area contributed by atoms with Gasteiger partial charge in [-0.05, 0) is 51.1 Å². The molecule has 1 atom stereocenters. The first-order valence-corrected chi connectivity index (χ1v) is 9.75. The maximum absolute atomic E-state index is 13.7. The van der Waals surface area contributed by atoms with Gasteiger partial charge in [-0.15, -0.1) is 0 Å². The molecule has 1 unspecified atom stereocenters. The quantitative estimate of drug-likeness (QED) is 0.548. The number of nitrogens with zero attached hydrogens (tertiary/aromatic N) is 1. The summed E-state index contributed by atoms with van der Waals surface area (Å²) in [7, 11) is -0.128. The normalized spacial score (nSPS) is 13.0. The Balaban J connectivity index is 2.39. The van der Waals surface area contributed by atoms with Crippen molar-refractivity contribution in [2.75, 3.05) is 7.11 Å². The molecule has 138 valence electrons. The number of carbonyl (C=O) groups is 1. The fraction of sp³-hybridized carbons (Fsp3) is 0.263. The van der Waals surface area contributed by atoms with E-state index in [2.05, 4.69) is 4.40 Å². The summed E-state index contributed by atoms with van der Waals surface area (Å²) >= 11 is 1.29. The molecule has 2 rings (SSSR count). The van der Waals surface area contributed by atoms with Crippen LogP contribution in [-0.2, 0) is 15.7 Å². The van der Waals surface area contributed by atoms with Crippen LogP contribution in [0.5, 0.6) is 0 Å². The monoisotopic (exact) mass is 393 g/mol. The van der Waals surface area contributed by atoms with Gasteiger partial charge in [-0.3, -0.25) is 0 Å². The Labute approximate surface area is 159 Å². The van der Waals surface area contributed by atoms with Crippen LogP contribution in [0.25, 0.3) is 0 Å². The molecular formula is C19H20FNO3S2. The lowest BCUT2D eigenvalue weighted by Gasteiger charge is -2.13. The van der Waals surface area contributed by atoms with E-state index in [1.807, 2.05) is 20.8 Å². The number of hydrogen-bond acceptors (Lipinski definition) is 4. The highest BCUT2D eigenvalue weighted by Gasteiger charge is 2.19. The molecule has 0 aromatic heterocycles. The highest BCUT2D eigenvalue weighted by Crippen LogP contribution is 2.33. The largest absolute Gasteiger partial charge is 0.465 e. The second-order valence-electron chi connectivity index (χ2n) is 6.37. The number of ether oxygens (including phenoxy) is 1. The molecule has 0 aliphatic rings. The third-order valence-electron chi connectivity index (χ3n) is 3.30. The molecule has 0 fully saturated rings. The average Bonchev–Trinajstić information content (AvgIpc) is 2.60. The molecule has 4 nitrogen and oxygen atoms in total. The molecular weight excluding hydrogens is 373 g/mol. The van der Waals surface area contributed by atoms with Gasteiger partial charge in [-0.25, -0.2) is 13.4 Å². The molecule has 0 amide bonds. The smallest absolute Gasteiger partial charge is 0.339 e. The van der Waals surface area contributed by atoms with E-state index in [1.54, 1.807) is 30.3 Å². The van der Waals surface area contributed by atoms with Crippen molar-refractivity contribution in [3.05, 3.63) is 59.4 Å². The zero-order valence-electron chi connectivity index (χ0n) is 15.0. The molecule has 2 aromatic rings. The van der Waals surface area contributed by atoms with Crippen molar-refractivity contribution in [1.29, 1.82) is 0 Å². The van der Waals surface area contributed by atoms with Gasteiger partial charge in [0.05, 0.1) is 17.4 Å². The molecule has 0 saturated heterocycles. The lowest BCUT2D eigenvalue weighted by Crippen LogP contribution is -2.19. The van der Waals surface area contributed by atoms with Gasteiger partial charge in [0.2, 0.25) is 0 Å². The van der Waals surface area contributed by atoms with E-state index >= 15 is 0 Å². The van der Waals surface area contributed by atoms with E-state index in [-0.39, 0.29) is 0 Å². The minimum absolute atomic E-state index is 0.418. The Morgan fingerprint density at radius 2 is 1.88 bits per heavy atom. The van der Waals surface area contributed by atoms with E-state index < -0.39 is 27.5 Å². The van der Waals surface area contributed by atoms with Gasteiger partial charge < -0.3 is 4.74 Å². The van der Waals surface area contributed by atoms with Gasteiger partial charge in [0.1, 0.15) is 16.8 Å². The maximum atomic E-state index is 13.7. The molecule has 0 aliphatic heterocycles. The number of halogens is 1. The number of rotatable bonds is 5. The van der Waals surface area contributed by atoms with E-state index in [0.29, 0.717) is 20.9 Å². The molecule has 0 saturated carbocycles. The Bertz CT molecular complexity index is 860. The third-order valence-corrected chi connectivity index (χ3v) is 5.81. The van der Waals surface area contributed by atoms with E-state index in [9.17, 15) is 13.4 Å². The Hall–Kier alpha value is -1.99. The van der Waals surface area contributed by atoms with E-state index in [1.165, 1.54) is 37.2 Å². The van der Waals surface area contributed by atoms with Crippen molar-refractivity contribution in [2.45, 2.75) is 35.3 Å². The number of hydrogen-bond donors (Lipinski definition) is 0. The molecule has 7 heteroatoms. The molecule has 0 heterocycles. The van der Waals surface area contributed by atoms with Crippen molar-refractivity contribution in [3.8, 4) is 0 Å². The summed E-state index contributed by atoms with van der Waals surface area (Å²) in [4.78, 5) is 13.3. The van der Waals surface area contributed by atoms with Crippen LogP contribution in [-0.4, -0.2) is 28.2 Å². The molecule has 0 N–H and O–H groups in total. The fourth-order valence-electron chi connectivity index (χ4n) is 1.93. The second kappa shape index (κ2) is 8.60. The highest BCUT2D eigenvalue weighted by atomic mass is 32.2. The standard InChI is InChI=1S/C19H20FNO3S2/c1-19(2,3)26(23)21-12-13-11-14(20)9-10-16(13)25-17-8-6-5-7-15(17)18(22)24-4/h5-12H,1-4H3. The Morgan fingerprint density at radius 1 is 1.19 bits per heavy atom. The van der Waals surface area contributed by atoms with Gasteiger partial charge in [0.15, 0.2) is 0 Å². The predicted octanol–water partition coefficient (Wildman–Crippen LogP) is 4.64. The van der Waals surface area contributed by atoms with Gasteiger partial charge in [0.25, 0.3) is 0 Å². The molecule has 0 aliphatic carbocycles. The lowest BCUT2D eigenvalue weighted by molar-refractivity contribution is 0.0597. The summed E-state index contributed by atoms with van der Waals surface area (Å²) in [6, 6.07) is 11.3. The Kier molecular flexibility index (Phi) is 6.72. The van der Waals surface area contributed by atoms with Crippen LogP contribution in [0.3, 0.4) is 0 Å². The summed E-state index contributed by atoms with van der Waals surface area (Å²) in [5.74, 6) is -0.863. The molecule has 0 bridgehead atoms. The van der Waals surface area contributed by atoms with Gasteiger partial charge in [-0.1, -0.05) is 23.9 Å². The molecule has 26 heavy (non-hydrogen) atoms. The average molecular weight is 394 g/mol. The SMILES string of the molecule is COC(=O)c1ccccc1Sc1ccc(F)cc1C=NS(=O)C(C)(C)C. The number of methoxy groups -OCH3 is 1. The van der Waals surface area contributed by atoms with Gasteiger partial charge in [0, 0.05) is 21.6 Å². The Morgan fingerprint density at radius 3 is 2.54 bits per heavy atom. The van der Waals surface area contributed by atoms with Gasteiger partial charge >= 0.3 is 5.97 Å². The predicted molar refractivity (Wildman–Crippen MR) is 104 cm³/mol. The number of esters is 1. The zero-order valence-corrected chi connectivity index (χ0v) is 16.6. The molecule has 2 aromatic carbocycles. The maximum Gasteiger partial charge on any atom is 0.339 e. The number of benzene rings is 2. The second-order valence-corrected chi connectivity index (χ2v) is 9.39. The fourth-order valence-corrected chi connectivity index (χ4v) is 3.46. The van der Waals surface area contributed by atoms with Crippen molar-refractivity contribution >= 4 is 34.9 Å². The van der Waals surface area contributed by atoms with Crippen molar-refractivity contribution in [1.82, 2.24) is 0 Å². The summed E-state index contributed by atoms with van der Waals surface area (Å²) in [5.41, 5.74) is 0.915. The van der Waals surface area contributed by atoms with Gasteiger partial charge in [-0.2, -0.15) is 4.40 Å². The number of carbonyl (C=O) groups excluding carboxylic acids is 1. The summed E-state index contributed by atoms with van der Waals surface area (Å²) in [6.07, 6.45) is 1.41. The van der Waals surface area contributed by atoms with Crippen LogP contribution < -0.4 is 0 Å². The lowest BCUT2D eigenvalue weighted by atomic mass is 10.2. The van der Waals surface area contributed by atoms with Crippen molar-refractivity contribution in [2.24, 2.45) is 4.40 Å². The summed E-state index contributed by atoms with van der Waals surface area (Å²) < 4.78 is 34.2. The summed E-state index contributed by atoms with van der Waals surface area (Å²) in [5, 5.41) is 0. The van der Waals surface area contributed by atoms with Crippen molar-refractivity contribution in [3.63, 3.8) is 0 Å². The molecule has 0 radical (unpaired) electrons. The first-order valence-electron chi connectivity index (χ1n) is 7.83. The molecule has 0 spiro atoms. The minimum Gasteiger partial charge on any atom is -0.465 e. The first-order chi connectivity index (χ1) is 12.2. The van der Waals surface area contributed by atoms with Crippen LogP contribution >= 0.6 is 11.8 Å². The topological polar surface area (TPSA) is 55.7 Å². The van der Waals surface area contributed by atoms with Crippen LogP contribution in [0.4, 0.5) is 4.39 Å². The van der Waals surface area contributed by atoms with Crippen LogP contribution in [0, 0.1) is 5.82 Å². The van der Waals surface area contributed by atoms with Crippen LogP contribution in [0.1, 0.15) is 36.7 Å². The third kappa shape index (κ3) is 5.25. The van der Waals surface area contributed by atoms with E-state index in [4.69, 9.17) is 4.74 Å². The summed E-state index contributed by atoms with van der Waals surface area (Å²) in [6.45, 7) is 5.44. The highest BCUT2D eigenvalue weighted by molar-refractivity contribution is 7.99. The minimum atomic E-state index is -1.45. The van der Waals surface area contributed by atoms with Crippen molar-refractivity contribution < 1.29 is 18.1 Å². The van der Waals surface area contributed by atoms with Crippen LogP contribution in [0.15, 0.2) is 56.7 Å².